The molecule has 174 valence electrons. The molecule has 3 aromatic rings. The van der Waals surface area contributed by atoms with Gasteiger partial charge in [-0.1, -0.05) is 46.5 Å². The van der Waals surface area contributed by atoms with Gasteiger partial charge in [-0.15, -0.1) is 11.3 Å². The quantitative estimate of drug-likeness (QED) is 0.384. The highest BCUT2D eigenvalue weighted by molar-refractivity contribution is 8.16. The van der Waals surface area contributed by atoms with E-state index in [0.717, 1.165) is 37.4 Å². The van der Waals surface area contributed by atoms with Crippen LogP contribution in [0.5, 0.6) is 0 Å². The minimum absolute atomic E-state index is 0.194. The second kappa shape index (κ2) is 9.74. The second-order valence-corrected chi connectivity index (χ2v) is 11.4. The van der Waals surface area contributed by atoms with Gasteiger partial charge in [0.25, 0.3) is 0 Å². The van der Waals surface area contributed by atoms with E-state index in [1.165, 1.54) is 28.9 Å². The number of hydrogen-bond donors (Lipinski definition) is 1. The Morgan fingerprint density at radius 2 is 2.12 bits per heavy atom. The van der Waals surface area contributed by atoms with Crippen molar-refractivity contribution >= 4 is 50.5 Å². The molecule has 8 heteroatoms. The van der Waals surface area contributed by atoms with Gasteiger partial charge in [-0.05, 0) is 54.8 Å². The molecule has 0 saturated carbocycles. The molecule has 1 fully saturated rings. The van der Waals surface area contributed by atoms with Gasteiger partial charge in [0, 0.05) is 37.6 Å². The highest BCUT2D eigenvalue weighted by Crippen LogP contribution is 2.41. The topological polar surface area (TPSA) is 31.4 Å². The number of thiazole rings is 1. The zero-order valence-electron chi connectivity index (χ0n) is 18.8. The van der Waals surface area contributed by atoms with Gasteiger partial charge in [0.1, 0.15) is 10.8 Å². The van der Waals surface area contributed by atoms with Gasteiger partial charge in [-0.2, -0.15) is 0 Å². The summed E-state index contributed by atoms with van der Waals surface area (Å²) in [6.07, 6.45) is 3.39. The van der Waals surface area contributed by atoms with Crippen LogP contribution < -0.4 is 9.62 Å². The van der Waals surface area contributed by atoms with Crippen molar-refractivity contribution in [1.29, 1.82) is 0 Å². The third-order valence-corrected chi connectivity index (χ3v) is 9.45. The molecule has 0 bridgehead atoms. The average molecular weight is 503 g/mol. The molecule has 1 aromatic heterocycles. The molecule has 4 nitrogen and oxygen atoms in total. The van der Waals surface area contributed by atoms with E-state index in [2.05, 4.69) is 43.8 Å². The molecule has 2 aromatic carbocycles. The summed E-state index contributed by atoms with van der Waals surface area (Å²) in [7, 11) is 1.42. The molecular formula is C25H28ClFN4S2. The molecule has 5 rings (SSSR count). The molecule has 1 aliphatic heterocycles. The highest BCUT2D eigenvalue weighted by Gasteiger charge is 2.35. The zero-order valence-corrected chi connectivity index (χ0v) is 21.2. The molecular weight excluding hydrogens is 475 g/mol. The SMILES string of the molecule is C/C=S(/Nc1cscn1)c1ccc(N(C)C2CCN([C@H]3CCc4ccccc43)C2)c(Cl)c1F. The molecule has 0 amide bonds. The number of halogens is 2. The van der Waals surface area contributed by atoms with Crippen molar-refractivity contribution in [2.75, 3.05) is 29.8 Å². The van der Waals surface area contributed by atoms with E-state index >= 15 is 4.39 Å². The number of likely N-dealkylation sites (tertiary alicyclic amines) is 1. The average Bonchev–Trinajstić information content (AvgIpc) is 3.59. The van der Waals surface area contributed by atoms with Crippen molar-refractivity contribution < 1.29 is 4.39 Å². The normalized spacial score (nSPS) is 21.3. The molecule has 2 aliphatic rings. The van der Waals surface area contributed by atoms with Crippen LogP contribution in [0.1, 0.15) is 36.9 Å². The van der Waals surface area contributed by atoms with Crippen molar-refractivity contribution in [3.05, 3.63) is 69.3 Å². The summed E-state index contributed by atoms with van der Waals surface area (Å²) in [6, 6.07) is 13.4. The first-order valence-corrected chi connectivity index (χ1v) is 13.9. The van der Waals surface area contributed by atoms with Crippen LogP contribution in [0.2, 0.25) is 5.02 Å². The fourth-order valence-electron chi connectivity index (χ4n) is 5.06. The van der Waals surface area contributed by atoms with E-state index in [4.69, 9.17) is 11.6 Å². The Bertz CT molecular complexity index is 1170. The maximum atomic E-state index is 15.4. The number of rotatable bonds is 6. The Kier molecular flexibility index (Phi) is 6.74. The second-order valence-electron chi connectivity index (χ2n) is 8.56. The largest absolute Gasteiger partial charge is 0.369 e. The van der Waals surface area contributed by atoms with Crippen LogP contribution in [0.15, 0.2) is 52.2 Å². The molecule has 2 unspecified atom stereocenters. The van der Waals surface area contributed by atoms with Crippen LogP contribution in [0.4, 0.5) is 15.9 Å². The van der Waals surface area contributed by atoms with Crippen molar-refractivity contribution in [3.63, 3.8) is 0 Å². The number of nitrogens with one attached hydrogen (secondary N) is 1. The molecule has 0 spiro atoms. The van der Waals surface area contributed by atoms with Gasteiger partial charge >= 0.3 is 0 Å². The first kappa shape index (κ1) is 22.8. The van der Waals surface area contributed by atoms with E-state index in [1.54, 1.807) is 5.51 Å². The first-order chi connectivity index (χ1) is 16.1. The summed E-state index contributed by atoms with van der Waals surface area (Å²) in [5.41, 5.74) is 5.47. The van der Waals surface area contributed by atoms with Crippen molar-refractivity contribution in [3.8, 4) is 0 Å². The number of likely N-dealkylation sites (N-methyl/N-ethyl adjacent to an activating group) is 1. The van der Waals surface area contributed by atoms with Crippen molar-refractivity contribution in [1.82, 2.24) is 9.88 Å². The number of aromatic nitrogens is 1. The lowest BCUT2D eigenvalue weighted by atomic mass is 10.1. The van der Waals surface area contributed by atoms with Gasteiger partial charge < -0.3 is 9.62 Å². The number of benzene rings is 2. The van der Waals surface area contributed by atoms with Gasteiger partial charge in [-0.3, -0.25) is 4.90 Å². The maximum absolute atomic E-state index is 15.4. The Balaban J connectivity index is 1.32. The van der Waals surface area contributed by atoms with Gasteiger partial charge in [0.15, 0.2) is 5.82 Å². The lowest BCUT2D eigenvalue weighted by Gasteiger charge is -2.30. The van der Waals surface area contributed by atoms with Crippen LogP contribution in [0.25, 0.3) is 0 Å². The number of aryl methyl sites for hydroxylation is 1. The molecule has 0 radical (unpaired) electrons. The number of fused-ring (bicyclic) bond motifs is 1. The minimum Gasteiger partial charge on any atom is -0.369 e. The summed E-state index contributed by atoms with van der Waals surface area (Å²) >= 11 is 8.11. The Hall–Kier alpha value is -1.93. The fourth-order valence-corrected chi connectivity index (χ4v) is 7.30. The summed E-state index contributed by atoms with van der Waals surface area (Å²) in [6.45, 7) is 3.94. The third-order valence-electron chi connectivity index (χ3n) is 6.81. The van der Waals surface area contributed by atoms with Crippen LogP contribution in [-0.4, -0.2) is 41.4 Å². The van der Waals surface area contributed by atoms with E-state index in [1.807, 2.05) is 36.9 Å². The molecule has 2 heterocycles. The predicted molar refractivity (Wildman–Crippen MR) is 141 cm³/mol. The Labute approximate surface area is 206 Å². The molecule has 1 saturated heterocycles. The Morgan fingerprint density at radius 3 is 2.91 bits per heavy atom. The highest BCUT2D eigenvalue weighted by atomic mass is 35.5. The van der Waals surface area contributed by atoms with Crippen molar-refractivity contribution in [2.45, 2.75) is 43.2 Å². The van der Waals surface area contributed by atoms with E-state index in [9.17, 15) is 0 Å². The Morgan fingerprint density at radius 1 is 1.27 bits per heavy atom. The summed E-state index contributed by atoms with van der Waals surface area (Å²) in [4.78, 5) is 9.57. The van der Waals surface area contributed by atoms with Gasteiger partial charge in [-0.25, -0.2) is 9.37 Å². The lowest BCUT2D eigenvalue weighted by molar-refractivity contribution is 0.242. The fraction of sp³-hybridized carbons (Fsp3) is 0.360. The van der Waals surface area contributed by atoms with E-state index in [0.29, 0.717) is 17.0 Å². The van der Waals surface area contributed by atoms with E-state index in [-0.39, 0.29) is 10.8 Å². The third kappa shape index (κ3) is 4.44. The van der Waals surface area contributed by atoms with Crippen LogP contribution >= 0.6 is 33.6 Å². The summed E-state index contributed by atoms with van der Waals surface area (Å²) in [5, 5.41) is 4.06. The minimum atomic E-state index is -0.615. The molecule has 1 aliphatic carbocycles. The monoisotopic (exact) mass is 502 g/mol. The van der Waals surface area contributed by atoms with Crippen LogP contribution in [-0.2, 0) is 6.42 Å². The molecule has 33 heavy (non-hydrogen) atoms. The zero-order chi connectivity index (χ0) is 22.9. The standard InChI is InChI=1S/C25H28ClFN4S2/c1-3-33(29-23-15-32-16-28-23)22-11-10-21(24(26)25(22)27)30(2)18-12-13-31(14-18)20-9-8-17-6-4-5-7-19(17)20/h3-7,10-11,15-16,18,20,29H,8-9,12-14H2,1-2H3/t18?,20-,33?/m0/s1. The number of anilines is 2. The predicted octanol–water partition coefficient (Wildman–Crippen LogP) is 6.61. The van der Waals surface area contributed by atoms with Crippen LogP contribution in [0.3, 0.4) is 0 Å². The molecule has 1 N–H and O–H groups in total. The van der Waals surface area contributed by atoms with Crippen LogP contribution in [0, 0.1) is 5.82 Å². The summed E-state index contributed by atoms with van der Waals surface area (Å²) < 4.78 is 18.7. The first-order valence-electron chi connectivity index (χ1n) is 11.3. The number of hydrogen-bond acceptors (Lipinski definition) is 5. The molecule has 3 atom stereocenters. The summed E-state index contributed by atoms with van der Waals surface area (Å²) in [5.74, 6) is 0.391. The van der Waals surface area contributed by atoms with Gasteiger partial charge in [0.2, 0.25) is 0 Å². The van der Waals surface area contributed by atoms with Crippen molar-refractivity contribution in [2.24, 2.45) is 0 Å². The number of nitrogens with zero attached hydrogens (tertiary/aromatic N) is 3. The van der Waals surface area contributed by atoms with E-state index < -0.39 is 10.7 Å². The maximum Gasteiger partial charge on any atom is 0.158 e. The van der Waals surface area contributed by atoms with Gasteiger partial charge in [0.05, 0.1) is 16.1 Å². The smallest absolute Gasteiger partial charge is 0.158 e. The lowest BCUT2D eigenvalue weighted by Crippen LogP contribution is -2.35.